The second kappa shape index (κ2) is 8.12. The van der Waals surface area contributed by atoms with E-state index in [9.17, 15) is 9.90 Å². The Morgan fingerprint density at radius 1 is 1.43 bits per heavy atom. The lowest BCUT2D eigenvalue weighted by atomic mass is 10.1. The van der Waals surface area contributed by atoms with Crippen molar-refractivity contribution >= 4 is 11.6 Å². The molecule has 5 nitrogen and oxygen atoms in total. The van der Waals surface area contributed by atoms with E-state index in [1.807, 2.05) is 12.1 Å². The van der Waals surface area contributed by atoms with Gasteiger partial charge in [0, 0.05) is 25.8 Å². The van der Waals surface area contributed by atoms with Crippen LogP contribution in [-0.4, -0.2) is 36.8 Å². The van der Waals surface area contributed by atoms with Gasteiger partial charge < -0.3 is 20.5 Å². The Balaban J connectivity index is 1.69. The third-order valence-corrected chi connectivity index (χ3v) is 3.61. The Morgan fingerprint density at radius 2 is 2.19 bits per heavy atom. The van der Waals surface area contributed by atoms with Crippen molar-refractivity contribution in [2.45, 2.75) is 38.4 Å². The third-order valence-electron chi connectivity index (χ3n) is 3.61. The number of ether oxygens (including phenoxy) is 1. The molecule has 0 spiro atoms. The lowest BCUT2D eigenvalue weighted by molar-refractivity contribution is -0.114. The maximum atomic E-state index is 10.9. The maximum absolute atomic E-state index is 10.9. The average Bonchev–Trinajstić information content (AvgIpc) is 2.97. The molecule has 2 unspecified atom stereocenters. The number of aliphatic hydroxyl groups excluding tert-OH is 1. The predicted octanol–water partition coefficient (Wildman–Crippen LogP) is 1.84. The molecule has 116 valence electrons. The largest absolute Gasteiger partial charge is 0.388 e. The van der Waals surface area contributed by atoms with Crippen molar-refractivity contribution in [3.05, 3.63) is 29.8 Å². The minimum absolute atomic E-state index is 0.0957. The molecule has 1 fully saturated rings. The molecule has 3 N–H and O–H groups in total. The fourth-order valence-corrected chi connectivity index (χ4v) is 2.47. The molecule has 2 atom stereocenters. The number of hydrogen-bond donors (Lipinski definition) is 3. The highest BCUT2D eigenvalue weighted by atomic mass is 16.5. The summed E-state index contributed by atoms with van der Waals surface area (Å²) in [6.45, 7) is 3.96. The lowest BCUT2D eigenvalue weighted by Gasteiger charge is -2.14. The normalized spacial score (nSPS) is 19.4. The summed E-state index contributed by atoms with van der Waals surface area (Å²) in [6, 6.07) is 7.30. The fraction of sp³-hybridized carbons (Fsp3) is 0.562. The molecular formula is C16H24N2O3. The van der Waals surface area contributed by atoms with Gasteiger partial charge in [-0.2, -0.15) is 0 Å². The molecule has 1 heterocycles. The van der Waals surface area contributed by atoms with E-state index in [1.165, 1.54) is 6.92 Å². The molecule has 0 aliphatic carbocycles. The molecule has 0 radical (unpaired) electrons. The highest BCUT2D eigenvalue weighted by Crippen LogP contribution is 2.19. The molecule has 0 bridgehead atoms. The van der Waals surface area contributed by atoms with Crippen LogP contribution in [0, 0.1) is 0 Å². The molecule has 0 aromatic heterocycles. The summed E-state index contributed by atoms with van der Waals surface area (Å²) in [6.07, 6.45) is 2.77. The van der Waals surface area contributed by atoms with Crippen LogP contribution in [0.1, 0.15) is 37.9 Å². The van der Waals surface area contributed by atoms with Crippen LogP contribution >= 0.6 is 0 Å². The standard InChI is InChI=1S/C16H24N2O3/c1-12(19)18-14-6-4-13(5-7-14)16(20)8-9-17-11-15-3-2-10-21-15/h4-7,15-17,20H,2-3,8-11H2,1H3,(H,18,19). The average molecular weight is 292 g/mol. The van der Waals surface area contributed by atoms with Crippen LogP contribution < -0.4 is 10.6 Å². The van der Waals surface area contributed by atoms with Gasteiger partial charge in [0.05, 0.1) is 12.2 Å². The molecule has 21 heavy (non-hydrogen) atoms. The molecule has 0 saturated carbocycles. The third kappa shape index (κ3) is 5.46. The van der Waals surface area contributed by atoms with Crippen molar-refractivity contribution in [1.29, 1.82) is 0 Å². The topological polar surface area (TPSA) is 70.6 Å². The number of anilines is 1. The Hall–Kier alpha value is -1.43. The summed E-state index contributed by atoms with van der Waals surface area (Å²) in [5, 5.41) is 16.2. The van der Waals surface area contributed by atoms with Gasteiger partial charge in [-0.05, 0) is 43.5 Å². The molecule has 1 aliphatic heterocycles. The summed E-state index contributed by atoms with van der Waals surface area (Å²) in [4.78, 5) is 10.9. The second-order valence-corrected chi connectivity index (χ2v) is 5.45. The van der Waals surface area contributed by atoms with Gasteiger partial charge in [0.2, 0.25) is 5.91 Å². The zero-order chi connectivity index (χ0) is 15.1. The van der Waals surface area contributed by atoms with E-state index in [4.69, 9.17) is 4.74 Å². The minimum atomic E-state index is -0.492. The zero-order valence-electron chi connectivity index (χ0n) is 12.5. The number of aliphatic hydroxyl groups is 1. The van der Waals surface area contributed by atoms with E-state index < -0.39 is 6.10 Å². The Kier molecular flexibility index (Phi) is 6.17. The smallest absolute Gasteiger partial charge is 0.221 e. The van der Waals surface area contributed by atoms with Gasteiger partial charge in [0.25, 0.3) is 0 Å². The molecule has 2 rings (SSSR count). The van der Waals surface area contributed by atoms with Crippen LogP contribution in [0.5, 0.6) is 0 Å². The van der Waals surface area contributed by atoms with Crippen LogP contribution in [0.15, 0.2) is 24.3 Å². The van der Waals surface area contributed by atoms with Crippen LogP contribution in [0.2, 0.25) is 0 Å². The summed E-state index contributed by atoms with van der Waals surface area (Å²) in [5.41, 5.74) is 1.61. The van der Waals surface area contributed by atoms with Crippen molar-refractivity contribution in [3.8, 4) is 0 Å². The zero-order valence-corrected chi connectivity index (χ0v) is 12.5. The number of carbonyl (C=O) groups is 1. The highest BCUT2D eigenvalue weighted by molar-refractivity contribution is 5.88. The van der Waals surface area contributed by atoms with Gasteiger partial charge in [0.1, 0.15) is 0 Å². The number of hydrogen-bond acceptors (Lipinski definition) is 4. The van der Waals surface area contributed by atoms with Crippen molar-refractivity contribution in [2.24, 2.45) is 0 Å². The van der Waals surface area contributed by atoms with Gasteiger partial charge in [-0.1, -0.05) is 12.1 Å². The molecule has 1 aromatic rings. The number of rotatable bonds is 7. The molecule has 5 heteroatoms. The summed E-state index contributed by atoms with van der Waals surface area (Å²) >= 11 is 0. The van der Waals surface area contributed by atoms with Crippen LogP contribution in [0.25, 0.3) is 0 Å². The second-order valence-electron chi connectivity index (χ2n) is 5.45. The van der Waals surface area contributed by atoms with E-state index in [-0.39, 0.29) is 5.91 Å². The first-order valence-electron chi connectivity index (χ1n) is 7.53. The first-order valence-corrected chi connectivity index (χ1v) is 7.53. The van der Waals surface area contributed by atoms with Gasteiger partial charge in [0.15, 0.2) is 0 Å². The van der Waals surface area contributed by atoms with Crippen molar-refractivity contribution in [2.75, 3.05) is 25.0 Å². The number of amides is 1. The van der Waals surface area contributed by atoms with Crippen LogP contribution in [0.4, 0.5) is 5.69 Å². The summed E-state index contributed by atoms with van der Waals surface area (Å²) in [7, 11) is 0. The van der Waals surface area contributed by atoms with E-state index in [0.717, 1.165) is 43.8 Å². The number of benzene rings is 1. The molecular weight excluding hydrogens is 268 g/mol. The van der Waals surface area contributed by atoms with Crippen LogP contribution in [0.3, 0.4) is 0 Å². The van der Waals surface area contributed by atoms with E-state index in [2.05, 4.69) is 10.6 Å². The van der Waals surface area contributed by atoms with Gasteiger partial charge in [-0.25, -0.2) is 0 Å². The Labute approximate surface area is 125 Å². The Morgan fingerprint density at radius 3 is 2.81 bits per heavy atom. The quantitative estimate of drug-likeness (QED) is 0.671. The molecule has 1 amide bonds. The predicted molar refractivity (Wildman–Crippen MR) is 82.2 cm³/mol. The highest BCUT2D eigenvalue weighted by Gasteiger charge is 2.14. The summed E-state index contributed by atoms with van der Waals surface area (Å²) in [5.74, 6) is -0.0957. The van der Waals surface area contributed by atoms with Crippen molar-refractivity contribution in [1.82, 2.24) is 5.32 Å². The van der Waals surface area contributed by atoms with Crippen molar-refractivity contribution < 1.29 is 14.6 Å². The first-order chi connectivity index (χ1) is 10.1. The van der Waals surface area contributed by atoms with Crippen LogP contribution in [-0.2, 0) is 9.53 Å². The van der Waals surface area contributed by atoms with Gasteiger partial charge in [-0.3, -0.25) is 4.79 Å². The van der Waals surface area contributed by atoms with E-state index >= 15 is 0 Å². The number of nitrogens with one attached hydrogen (secondary N) is 2. The molecule has 1 saturated heterocycles. The van der Waals surface area contributed by atoms with Gasteiger partial charge in [-0.15, -0.1) is 0 Å². The SMILES string of the molecule is CC(=O)Nc1ccc(C(O)CCNCC2CCCO2)cc1. The fourth-order valence-electron chi connectivity index (χ4n) is 2.47. The minimum Gasteiger partial charge on any atom is -0.388 e. The Bertz CT molecular complexity index is 441. The first kappa shape index (κ1) is 15.9. The van der Waals surface area contributed by atoms with E-state index in [0.29, 0.717) is 12.5 Å². The monoisotopic (exact) mass is 292 g/mol. The number of carbonyl (C=O) groups excluding carboxylic acids is 1. The maximum Gasteiger partial charge on any atom is 0.221 e. The van der Waals surface area contributed by atoms with Crippen molar-refractivity contribution in [3.63, 3.8) is 0 Å². The molecule has 1 aliphatic rings. The molecule has 1 aromatic carbocycles. The van der Waals surface area contributed by atoms with Gasteiger partial charge >= 0.3 is 0 Å². The lowest BCUT2D eigenvalue weighted by Crippen LogP contribution is -2.27. The van der Waals surface area contributed by atoms with E-state index in [1.54, 1.807) is 12.1 Å². The summed E-state index contributed by atoms with van der Waals surface area (Å²) < 4.78 is 5.53.